The highest BCUT2D eigenvalue weighted by Gasteiger charge is 2.36. The molecule has 9 nitrogen and oxygen atoms in total. The Bertz CT molecular complexity index is 516. The van der Waals surface area contributed by atoms with E-state index in [-0.39, 0.29) is 6.54 Å². The largest absolute Gasteiger partial charge is 0.480 e. The lowest BCUT2D eigenvalue weighted by molar-refractivity contribution is -0.149. The molecule has 25 heavy (non-hydrogen) atoms. The van der Waals surface area contributed by atoms with Crippen molar-refractivity contribution in [2.75, 3.05) is 25.1 Å². The molecule has 0 radical (unpaired) electrons. The van der Waals surface area contributed by atoms with Crippen LogP contribution in [0.3, 0.4) is 0 Å². The predicted molar refractivity (Wildman–Crippen MR) is 94.0 cm³/mol. The van der Waals surface area contributed by atoms with Crippen molar-refractivity contribution in [3.63, 3.8) is 0 Å². The number of nitrogens with two attached hydrogens (primary N) is 1. The van der Waals surface area contributed by atoms with Crippen molar-refractivity contribution in [1.29, 1.82) is 0 Å². The molecule has 0 aliphatic carbocycles. The van der Waals surface area contributed by atoms with E-state index in [1.807, 2.05) is 6.26 Å². The molecule has 0 aromatic rings. The van der Waals surface area contributed by atoms with Gasteiger partial charge in [0.05, 0.1) is 12.6 Å². The second-order valence-corrected chi connectivity index (χ2v) is 6.91. The molecule has 0 spiro atoms. The van der Waals surface area contributed by atoms with E-state index in [9.17, 15) is 19.2 Å². The van der Waals surface area contributed by atoms with Crippen LogP contribution in [0, 0.1) is 0 Å². The van der Waals surface area contributed by atoms with E-state index in [1.165, 1.54) is 11.8 Å². The molecule has 3 atom stereocenters. The minimum atomic E-state index is -1.05. The van der Waals surface area contributed by atoms with E-state index in [4.69, 9.17) is 10.8 Å². The fraction of sp³-hybridized carbons (Fsp3) is 0.733. The molecule has 1 aliphatic rings. The summed E-state index contributed by atoms with van der Waals surface area (Å²) in [5.74, 6) is -1.70. The van der Waals surface area contributed by atoms with Crippen LogP contribution in [0.25, 0.3) is 0 Å². The van der Waals surface area contributed by atoms with Gasteiger partial charge in [-0.2, -0.15) is 11.8 Å². The molecule has 3 unspecified atom stereocenters. The molecule has 3 amide bonds. The fourth-order valence-electron chi connectivity index (χ4n) is 2.56. The summed E-state index contributed by atoms with van der Waals surface area (Å²) in [7, 11) is 0. The van der Waals surface area contributed by atoms with Gasteiger partial charge in [0.2, 0.25) is 17.7 Å². The maximum atomic E-state index is 12.3. The second kappa shape index (κ2) is 10.2. The van der Waals surface area contributed by atoms with Crippen LogP contribution in [0.4, 0.5) is 0 Å². The molecule has 0 aromatic heterocycles. The maximum absolute atomic E-state index is 12.3. The number of hydrogen-bond donors (Lipinski definition) is 4. The van der Waals surface area contributed by atoms with Crippen molar-refractivity contribution < 1.29 is 24.3 Å². The molecular formula is C15H26N4O5S. The van der Waals surface area contributed by atoms with Gasteiger partial charge >= 0.3 is 5.97 Å². The van der Waals surface area contributed by atoms with E-state index in [0.717, 1.165) is 5.75 Å². The molecule has 1 heterocycles. The van der Waals surface area contributed by atoms with E-state index in [0.29, 0.717) is 25.8 Å². The maximum Gasteiger partial charge on any atom is 0.326 e. The van der Waals surface area contributed by atoms with Gasteiger partial charge in [-0.1, -0.05) is 0 Å². The minimum absolute atomic E-state index is 0.286. The Hall–Kier alpha value is -1.81. The molecule has 5 N–H and O–H groups in total. The number of hydrogen-bond acceptors (Lipinski definition) is 6. The monoisotopic (exact) mass is 374 g/mol. The van der Waals surface area contributed by atoms with Crippen LogP contribution >= 0.6 is 11.8 Å². The summed E-state index contributed by atoms with van der Waals surface area (Å²) in [6, 6.07) is -2.39. The van der Waals surface area contributed by atoms with Crippen LogP contribution in [0.1, 0.15) is 26.2 Å². The number of likely N-dealkylation sites (tertiary alicyclic amines) is 1. The van der Waals surface area contributed by atoms with Crippen LogP contribution in [0.15, 0.2) is 0 Å². The topological polar surface area (TPSA) is 142 Å². The predicted octanol–water partition coefficient (Wildman–Crippen LogP) is -1.24. The summed E-state index contributed by atoms with van der Waals surface area (Å²) < 4.78 is 0. The summed E-state index contributed by atoms with van der Waals surface area (Å²) in [6.45, 7) is 1.56. The zero-order valence-corrected chi connectivity index (χ0v) is 15.3. The number of rotatable bonds is 9. The number of carboxylic acids is 1. The summed E-state index contributed by atoms with van der Waals surface area (Å²) in [5.41, 5.74) is 5.69. The van der Waals surface area contributed by atoms with Crippen molar-refractivity contribution in [3.05, 3.63) is 0 Å². The Morgan fingerprint density at radius 1 is 1.36 bits per heavy atom. The lowest BCUT2D eigenvalue weighted by atomic mass is 10.2. The standard InChI is InChI=1S/C15H26N4O5S/c1-9(14(22)19-6-3-4-11(19)15(23)24)18-12(20)8-17-13(21)10(16)5-7-25-2/h9-11H,3-8,16H2,1-2H3,(H,17,21)(H,18,20)(H,23,24). The molecule has 0 aromatic carbocycles. The Morgan fingerprint density at radius 3 is 2.64 bits per heavy atom. The zero-order chi connectivity index (χ0) is 19.0. The third-order valence-electron chi connectivity index (χ3n) is 3.96. The van der Waals surface area contributed by atoms with Gasteiger partial charge in [0.15, 0.2) is 0 Å². The van der Waals surface area contributed by atoms with E-state index in [1.54, 1.807) is 11.8 Å². The highest BCUT2D eigenvalue weighted by Crippen LogP contribution is 2.18. The van der Waals surface area contributed by atoms with Gasteiger partial charge in [-0.3, -0.25) is 14.4 Å². The van der Waals surface area contributed by atoms with Gasteiger partial charge in [-0.05, 0) is 38.2 Å². The normalized spacial score (nSPS) is 19.2. The first-order valence-corrected chi connectivity index (χ1v) is 9.52. The minimum Gasteiger partial charge on any atom is -0.480 e. The molecule has 1 aliphatic heterocycles. The van der Waals surface area contributed by atoms with Gasteiger partial charge in [0.25, 0.3) is 0 Å². The summed E-state index contributed by atoms with van der Waals surface area (Å²) in [4.78, 5) is 48.3. The fourth-order valence-corrected chi connectivity index (χ4v) is 3.05. The molecule has 1 rings (SSSR count). The summed E-state index contributed by atoms with van der Waals surface area (Å²) in [5, 5.41) is 14.0. The van der Waals surface area contributed by atoms with Gasteiger partial charge < -0.3 is 26.4 Å². The van der Waals surface area contributed by atoms with Crippen LogP contribution in [-0.4, -0.2) is 76.9 Å². The quantitative estimate of drug-likeness (QED) is 0.395. The Balaban J connectivity index is 2.42. The van der Waals surface area contributed by atoms with Crippen molar-refractivity contribution in [1.82, 2.24) is 15.5 Å². The van der Waals surface area contributed by atoms with E-state index >= 15 is 0 Å². The lowest BCUT2D eigenvalue weighted by Crippen LogP contribution is -2.52. The van der Waals surface area contributed by atoms with E-state index < -0.39 is 41.8 Å². The van der Waals surface area contributed by atoms with Crippen LogP contribution in [-0.2, 0) is 19.2 Å². The molecule has 0 bridgehead atoms. The molecule has 142 valence electrons. The Morgan fingerprint density at radius 2 is 2.04 bits per heavy atom. The molecule has 10 heteroatoms. The van der Waals surface area contributed by atoms with E-state index in [2.05, 4.69) is 10.6 Å². The van der Waals surface area contributed by atoms with Crippen molar-refractivity contribution in [3.8, 4) is 0 Å². The van der Waals surface area contributed by atoms with Gasteiger partial charge in [0.1, 0.15) is 12.1 Å². The first-order chi connectivity index (χ1) is 11.8. The number of amides is 3. The second-order valence-electron chi connectivity index (χ2n) is 5.92. The highest BCUT2D eigenvalue weighted by atomic mass is 32.2. The van der Waals surface area contributed by atoms with Gasteiger partial charge in [-0.25, -0.2) is 4.79 Å². The highest BCUT2D eigenvalue weighted by molar-refractivity contribution is 7.98. The molecule has 0 saturated carbocycles. The molecular weight excluding hydrogens is 348 g/mol. The van der Waals surface area contributed by atoms with Crippen molar-refractivity contribution >= 4 is 35.5 Å². The number of thioether (sulfide) groups is 1. The Kier molecular flexibility index (Phi) is 8.70. The van der Waals surface area contributed by atoms with Crippen LogP contribution < -0.4 is 16.4 Å². The van der Waals surface area contributed by atoms with Crippen molar-refractivity contribution in [2.45, 2.75) is 44.3 Å². The average molecular weight is 374 g/mol. The number of carbonyl (C=O) groups excluding carboxylic acids is 3. The number of carbonyl (C=O) groups is 4. The number of nitrogens with zero attached hydrogens (tertiary/aromatic N) is 1. The third-order valence-corrected chi connectivity index (χ3v) is 4.61. The number of carboxylic acid groups (broad SMARTS) is 1. The SMILES string of the molecule is CSCCC(N)C(=O)NCC(=O)NC(C)C(=O)N1CCCC1C(=O)O. The molecule has 1 saturated heterocycles. The first kappa shape index (κ1) is 21.2. The number of nitrogens with one attached hydrogen (secondary N) is 2. The summed E-state index contributed by atoms with van der Waals surface area (Å²) >= 11 is 1.57. The van der Waals surface area contributed by atoms with Crippen LogP contribution in [0.5, 0.6) is 0 Å². The third kappa shape index (κ3) is 6.54. The first-order valence-electron chi connectivity index (χ1n) is 8.12. The number of aliphatic carboxylic acids is 1. The smallest absolute Gasteiger partial charge is 0.326 e. The van der Waals surface area contributed by atoms with Crippen LogP contribution in [0.2, 0.25) is 0 Å². The lowest BCUT2D eigenvalue weighted by Gasteiger charge is -2.25. The average Bonchev–Trinajstić information content (AvgIpc) is 3.06. The summed E-state index contributed by atoms with van der Waals surface area (Å²) in [6.07, 6.45) is 3.44. The molecule has 1 fully saturated rings. The van der Waals surface area contributed by atoms with Gasteiger partial charge in [0, 0.05) is 6.54 Å². The Labute approximate surface area is 151 Å². The van der Waals surface area contributed by atoms with Gasteiger partial charge in [-0.15, -0.1) is 0 Å². The zero-order valence-electron chi connectivity index (χ0n) is 14.5. The van der Waals surface area contributed by atoms with Crippen molar-refractivity contribution in [2.24, 2.45) is 5.73 Å².